The Morgan fingerprint density at radius 2 is 1.91 bits per heavy atom. The molecule has 1 saturated heterocycles. The lowest BCUT2D eigenvalue weighted by atomic mass is 10.1. The van der Waals surface area contributed by atoms with Gasteiger partial charge in [0.25, 0.3) is 0 Å². The molecular formula is C25H29N7O. The Labute approximate surface area is 193 Å². The summed E-state index contributed by atoms with van der Waals surface area (Å²) in [6.45, 7) is 9.20. The SMILES string of the molecule is CC(C)Oc1cc(-c2ccc3nc(Cc4cc(CN5CCNCC5)ccn4)[nH]c3c2)ncn1. The predicted molar refractivity (Wildman–Crippen MR) is 128 cm³/mol. The van der Waals surface area contributed by atoms with Crippen LogP contribution >= 0.6 is 0 Å². The van der Waals surface area contributed by atoms with Crippen molar-refractivity contribution >= 4 is 11.0 Å². The Hall–Kier alpha value is -3.36. The van der Waals surface area contributed by atoms with Crippen molar-refractivity contribution in [3.63, 3.8) is 0 Å². The summed E-state index contributed by atoms with van der Waals surface area (Å²) in [5, 5.41) is 3.40. The zero-order valence-electron chi connectivity index (χ0n) is 19.1. The summed E-state index contributed by atoms with van der Waals surface area (Å²) in [5.74, 6) is 1.48. The molecule has 5 rings (SSSR count). The van der Waals surface area contributed by atoms with E-state index in [1.807, 2.05) is 38.2 Å². The maximum Gasteiger partial charge on any atom is 0.217 e. The lowest BCUT2D eigenvalue weighted by Crippen LogP contribution is -2.42. The highest BCUT2D eigenvalue weighted by Gasteiger charge is 2.12. The monoisotopic (exact) mass is 443 g/mol. The van der Waals surface area contributed by atoms with Crippen LogP contribution in [0.1, 0.15) is 30.9 Å². The highest BCUT2D eigenvalue weighted by molar-refractivity contribution is 5.81. The average Bonchev–Trinajstić information content (AvgIpc) is 3.21. The van der Waals surface area contributed by atoms with Gasteiger partial charge in [-0.05, 0) is 43.7 Å². The molecular weight excluding hydrogens is 414 g/mol. The minimum absolute atomic E-state index is 0.0642. The van der Waals surface area contributed by atoms with E-state index in [1.54, 1.807) is 0 Å². The van der Waals surface area contributed by atoms with Gasteiger partial charge in [0, 0.05) is 62.7 Å². The van der Waals surface area contributed by atoms with Crippen molar-refractivity contribution in [1.29, 1.82) is 0 Å². The van der Waals surface area contributed by atoms with Crippen LogP contribution in [0.5, 0.6) is 5.88 Å². The summed E-state index contributed by atoms with van der Waals surface area (Å²) in [5.41, 5.74) is 6.03. The molecule has 1 aromatic carbocycles. The number of hydrogen-bond acceptors (Lipinski definition) is 7. The first-order valence-electron chi connectivity index (χ1n) is 11.5. The number of aromatic amines is 1. The third-order valence-electron chi connectivity index (χ3n) is 5.67. The van der Waals surface area contributed by atoms with Gasteiger partial charge < -0.3 is 15.0 Å². The van der Waals surface area contributed by atoms with E-state index in [4.69, 9.17) is 9.72 Å². The highest BCUT2D eigenvalue weighted by atomic mass is 16.5. The zero-order valence-corrected chi connectivity index (χ0v) is 19.1. The molecule has 33 heavy (non-hydrogen) atoms. The number of aromatic nitrogens is 5. The molecule has 0 aliphatic carbocycles. The van der Waals surface area contributed by atoms with Crippen molar-refractivity contribution in [2.75, 3.05) is 26.2 Å². The number of piperazine rings is 1. The molecule has 0 unspecified atom stereocenters. The molecule has 1 aliphatic heterocycles. The van der Waals surface area contributed by atoms with Crippen molar-refractivity contribution in [1.82, 2.24) is 35.1 Å². The number of hydrogen-bond donors (Lipinski definition) is 2. The van der Waals surface area contributed by atoms with E-state index in [0.717, 1.165) is 66.5 Å². The first-order chi connectivity index (χ1) is 16.1. The second-order valence-corrected chi connectivity index (χ2v) is 8.68. The molecule has 170 valence electrons. The molecule has 0 spiro atoms. The molecule has 0 radical (unpaired) electrons. The molecule has 8 nitrogen and oxygen atoms in total. The highest BCUT2D eigenvalue weighted by Crippen LogP contribution is 2.24. The molecule has 4 heterocycles. The number of ether oxygens (including phenoxy) is 1. The van der Waals surface area contributed by atoms with E-state index in [-0.39, 0.29) is 6.10 Å². The maximum absolute atomic E-state index is 5.71. The Morgan fingerprint density at radius 1 is 1.03 bits per heavy atom. The van der Waals surface area contributed by atoms with E-state index >= 15 is 0 Å². The fraction of sp³-hybridized carbons (Fsp3) is 0.360. The lowest BCUT2D eigenvalue weighted by molar-refractivity contribution is 0.232. The minimum atomic E-state index is 0.0642. The molecule has 2 N–H and O–H groups in total. The van der Waals surface area contributed by atoms with Crippen molar-refractivity contribution in [3.05, 3.63) is 66.0 Å². The van der Waals surface area contributed by atoms with Crippen molar-refractivity contribution in [3.8, 4) is 17.1 Å². The Bertz CT molecular complexity index is 1230. The Kier molecular flexibility index (Phi) is 6.28. The van der Waals surface area contributed by atoms with E-state index in [9.17, 15) is 0 Å². The third kappa shape index (κ3) is 5.35. The number of benzene rings is 1. The number of nitrogens with zero attached hydrogens (tertiary/aromatic N) is 5. The van der Waals surface area contributed by atoms with Gasteiger partial charge in [0.05, 0.1) is 22.8 Å². The number of pyridine rings is 1. The van der Waals surface area contributed by atoms with Gasteiger partial charge in [-0.25, -0.2) is 15.0 Å². The fourth-order valence-corrected chi connectivity index (χ4v) is 4.13. The number of fused-ring (bicyclic) bond motifs is 1. The van der Waals surface area contributed by atoms with E-state index < -0.39 is 0 Å². The van der Waals surface area contributed by atoms with Gasteiger partial charge in [0.1, 0.15) is 12.2 Å². The average molecular weight is 444 g/mol. The van der Waals surface area contributed by atoms with Gasteiger partial charge >= 0.3 is 0 Å². The Balaban J connectivity index is 1.33. The molecule has 0 amide bonds. The summed E-state index contributed by atoms with van der Waals surface area (Å²) in [7, 11) is 0. The molecule has 3 aromatic heterocycles. The molecule has 1 fully saturated rings. The van der Waals surface area contributed by atoms with Crippen molar-refractivity contribution < 1.29 is 4.74 Å². The first-order valence-corrected chi connectivity index (χ1v) is 11.5. The first kappa shape index (κ1) is 21.5. The molecule has 4 aromatic rings. The number of rotatable bonds is 7. The number of nitrogens with one attached hydrogen (secondary N) is 2. The van der Waals surface area contributed by atoms with Crippen LogP contribution in [0.3, 0.4) is 0 Å². The standard InChI is InChI=1S/C25H29N7O/c1-17(2)33-25-14-22(28-16-29-25)19-3-4-21-23(12-19)31-24(30-21)13-20-11-18(5-6-27-20)15-32-9-7-26-8-10-32/h3-6,11-12,14,16-17,26H,7-10,13,15H2,1-2H3,(H,30,31). The summed E-state index contributed by atoms with van der Waals surface area (Å²) in [6, 6.07) is 12.3. The largest absolute Gasteiger partial charge is 0.475 e. The second-order valence-electron chi connectivity index (χ2n) is 8.68. The maximum atomic E-state index is 5.71. The van der Waals surface area contributed by atoms with Crippen molar-refractivity contribution in [2.24, 2.45) is 0 Å². The van der Waals surface area contributed by atoms with Gasteiger partial charge in [-0.2, -0.15) is 0 Å². The van der Waals surface area contributed by atoms with Gasteiger partial charge in [0.2, 0.25) is 5.88 Å². The van der Waals surface area contributed by atoms with Crippen LogP contribution in [0.15, 0.2) is 48.9 Å². The van der Waals surface area contributed by atoms with Gasteiger partial charge in [-0.3, -0.25) is 9.88 Å². The van der Waals surface area contributed by atoms with Crippen LogP contribution in [0.4, 0.5) is 0 Å². The van der Waals surface area contributed by atoms with Gasteiger partial charge in [0.15, 0.2) is 0 Å². The van der Waals surface area contributed by atoms with Crippen LogP contribution in [0.2, 0.25) is 0 Å². The molecule has 8 heteroatoms. The molecule has 0 bridgehead atoms. The van der Waals surface area contributed by atoms with E-state index in [0.29, 0.717) is 12.3 Å². The summed E-state index contributed by atoms with van der Waals surface area (Å²) >= 11 is 0. The van der Waals surface area contributed by atoms with Crippen LogP contribution < -0.4 is 10.1 Å². The van der Waals surface area contributed by atoms with Gasteiger partial charge in [-0.1, -0.05) is 6.07 Å². The quantitative estimate of drug-likeness (QED) is 0.453. The number of H-pyrrole nitrogens is 1. The summed E-state index contributed by atoms with van der Waals surface area (Å²) in [6.07, 6.45) is 4.17. The predicted octanol–water partition coefficient (Wildman–Crippen LogP) is 3.20. The summed E-state index contributed by atoms with van der Waals surface area (Å²) < 4.78 is 5.71. The van der Waals surface area contributed by atoms with E-state index in [1.165, 1.54) is 11.9 Å². The number of imidazole rings is 1. The third-order valence-corrected chi connectivity index (χ3v) is 5.67. The lowest BCUT2D eigenvalue weighted by Gasteiger charge is -2.27. The Morgan fingerprint density at radius 3 is 2.76 bits per heavy atom. The zero-order chi connectivity index (χ0) is 22.6. The van der Waals surface area contributed by atoms with Crippen LogP contribution in [0.25, 0.3) is 22.3 Å². The fourth-order valence-electron chi connectivity index (χ4n) is 4.13. The second kappa shape index (κ2) is 9.64. The van der Waals surface area contributed by atoms with Gasteiger partial charge in [-0.15, -0.1) is 0 Å². The topological polar surface area (TPSA) is 91.8 Å². The minimum Gasteiger partial charge on any atom is -0.475 e. The van der Waals surface area contributed by atoms with Crippen LogP contribution in [-0.4, -0.2) is 62.1 Å². The van der Waals surface area contributed by atoms with Crippen LogP contribution in [-0.2, 0) is 13.0 Å². The molecule has 1 aliphatic rings. The molecule has 0 saturated carbocycles. The van der Waals surface area contributed by atoms with Crippen molar-refractivity contribution in [2.45, 2.75) is 32.9 Å². The summed E-state index contributed by atoms with van der Waals surface area (Å²) in [4.78, 5) is 23.9. The normalized spacial score (nSPS) is 14.8. The van der Waals surface area contributed by atoms with Crippen LogP contribution in [0, 0.1) is 0 Å². The smallest absolute Gasteiger partial charge is 0.217 e. The van der Waals surface area contributed by atoms with E-state index in [2.05, 4.69) is 48.4 Å². The molecule has 0 atom stereocenters.